The molecular formula is C24H26N2O4. The molecule has 0 bridgehead atoms. The van der Waals surface area contributed by atoms with Gasteiger partial charge in [0.25, 0.3) is 5.91 Å². The molecule has 1 saturated carbocycles. The van der Waals surface area contributed by atoms with Gasteiger partial charge in [-0.3, -0.25) is 4.79 Å². The number of hydrogen-bond donors (Lipinski definition) is 4. The zero-order chi connectivity index (χ0) is 20.9. The van der Waals surface area contributed by atoms with Crippen molar-refractivity contribution < 1.29 is 19.7 Å². The van der Waals surface area contributed by atoms with E-state index in [1.165, 1.54) is 19.3 Å². The molecule has 6 nitrogen and oxygen atoms in total. The third-order valence-corrected chi connectivity index (χ3v) is 5.56. The standard InChI is InChI=1S/C24H26N2O4/c27-22-20(15-16-7-3-1-4-8-16)26-24(29)21(22)23(28)25-17-11-13-19(14-12-17)30-18-9-5-2-6-10-18/h2,5-6,9-14,16,26-27,29H,1,3-4,7-8,15H2,(H,25,28). The molecule has 0 unspecified atom stereocenters. The fourth-order valence-corrected chi connectivity index (χ4v) is 3.99. The first-order valence-corrected chi connectivity index (χ1v) is 10.4. The third-order valence-electron chi connectivity index (χ3n) is 5.56. The van der Waals surface area contributed by atoms with E-state index in [1.807, 2.05) is 30.3 Å². The lowest BCUT2D eigenvalue weighted by Gasteiger charge is -2.20. The zero-order valence-corrected chi connectivity index (χ0v) is 16.7. The molecule has 0 atom stereocenters. The number of anilines is 1. The van der Waals surface area contributed by atoms with Crippen LogP contribution in [0.15, 0.2) is 54.6 Å². The highest BCUT2D eigenvalue weighted by Gasteiger charge is 2.25. The Morgan fingerprint density at radius 2 is 1.63 bits per heavy atom. The topological polar surface area (TPSA) is 94.6 Å². The maximum atomic E-state index is 12.7. The number of aromatic nitrogens is 1. The number of para-hydroxylation sites is 1. The van der Waals surface area contributed by atoms with Gasteiger partial charge in [-0.05, 0) is 48.7 Å². The van der Waals surface area contributed by atoms with Crippen LogP contribution in [0.3, 0.4) is 0 Å². The van der Waals surface area contributed by atoms with E-state index in [9.17, 15) is 15.0 Å². The number of nitrogens with one attached hydrogen (secondary N) is 2. The minimum Gasteiger partial charge on any atom is -0.505 e. The smallest absolute Gasteiger partial charge is 0.264 e. The van der Waals surface area contributed by atoms with Crippen LogP contribution < -0.4 is 10.1 Å². The number of amides is 1. The second-order valence-electron chi connectivity index (χ2n) is 7.78. The van der Waals surface area contributed by atoms with Crippen molar-refractivity contribution in [3.63, 3.8) is 0 Å². The summed E-state index contributed by atoms with van der Waals surface area (Å²) in [6, 6.07) is 16.3. The largest absolute Gasteiger partial charge is 0.505 e. The highest BCUT2D eigenvalue weighted by molar-refractivity contribution is 6.08. The summed E-state index contributed by atoms with van der Waals surface area (Å²) in [5, 5.41) is 23.4. The van der Waals surface area contributed by atoms with Gasteiger partial charge in [-0.25, -0.2) is 0 Å². The number of aromatic amines is 1. The number of H-pyrrole nitrogens is 1. The van der Waals surface area contributed by atoms with Gasteiger partial charge in [-0.1, -0.05) is 50.3 Å². The van der Waals surface area contributed by atoms with Crippen LogP contribution in [0.2, 0.25) is 0 Å². The summed E-state index contributed by atoms with van der Waals surface area (Å²) in [4.78, 5) is 15.4. The van der Waals surface area contributed by atoms with Crippen LogP contribution in [0, 0.1) is 5.92 Å². The van der Waals surface area contributed by atoms with Crippen molar-refractivity contribution in [2.45, 2.75) is 38.5 Å². The van der Waals surface area contributed by atoms with E-state index in [2.05, 4.69) is 10.3 Å². The van der Waals surface area contributed by atoms with Crippen molar-refractivity contribution in [3.05, 3.63) is 65.9 Å². The van der Waals surface area contributed by atoms with Crippen molar-refractivity contribution in [3.8, 4) is 23.1 Å². The highest BCUT2D eigenvalue weighted by Crippen LogP contribution is 2.35. The molecule has 0 spiro atoms. The Labute approximate surface area is 175 Å². The van der Waals surface area contributed by atoms with Crippen LogP contribution in [-0.4, -0.2) is 21.1 Å². The molecule has 1 amide bonds. The first-order chi connectivity index (χ1) is 14.6. The first-order valence-electron chi connectivity index (χ1n) is 10.4. The summed E-state index contributed by atoms with van der Waals surface area (Å²) in [5.41, 5.74) is 0.941. The second-order valence-corrected chi connectivity index (χ2v) is 7.78. The normalized spacial score (nSPS) is 14.4. The second kappa shape index (κ2) is 8.95. The Bertz CT molecular complexity index is 990. The van der Waals surface area contributed by atoms with Crippen LogP contribution >= 0.6 is 0 Å². The van der Waals surface area contributed by atoms with Crippen molar-refractivity contribution in [1.29, 1.82) is 0 Å². The van der Waals surface area contributed by atoms with E-state index in [0.29, 0.717) is 29.5 Å². The Hall–Kier alpha value is -3.41. The number of carbonyl (C=O) groups is 1. The fraction of sp³-hybridized carbons (Fsp3) is 0.292. The molecule has 156 valence electrons. The molecule has 0 radical (unpaired) electrons. The molecular weight excluding hydrogens is 380 g/mol. The molecule has 3 aromatic rings. The summed E-state index contributed by atoms with van der Waals surface area (Å²) in [5.74, 6) is 0.798. The average molecular weight is 406 g/mol. The number of hydrogen-bond acceptors (Lipinski definition) is 4. The molecule has 0 aliphatic heterocycles. The van der Waals surface area contributed by atoms with Gasteiger partial charge in [-0.2, -0.15) is 0 Å². The van der Waals surface area contributed by atoms with Gasteiger partial charge in [0, 0.05) is 5.69 Å². The molecule has 1 aliphatic rings. The molecule has 30 heavy (non-hydrogen) atoms. The molecule has 1 aromatic heterocycles. The SMILES string of the molecule is O=C(Nc1ccc(Oc2ccccc2)cc1)c1c(O)[nH]c(CC2CCCCC2)c1O. The minimum atomic E-state index is -0.562. The van der Waals surface area contributed by atoms with Crippen molar-refractivity contribution in [1.82, 2.24) is 4.98 Å². The van der Waals surface area contributed by atoms with Crippen LogP contribution in [0.25, 0.3) is 0 Å². The average Bonchev–Trinajstić information content (AvgIpc) is 3.04. The lowest BCUT2D eigenvalue weighted by molar-refractivity contribution is 0.102. The van der Waals surface area contributed by atoms with E-state index in [4.69, 9.17) is 4.74 Å². The van der Waals surface area contributed by atoms with Crippen LogP contribution in [0.4, 0.5) is 5.69 Å². The molecule has 1 aliphatic carbocycles. The van der Waals surface area contributed by atoms with Gasteiger partial charge in [0.1, 0.15) is 17.1 Å². The molecule has 0 saturated heterocycles. The zero-order valence-electron chi connectivity index (χ0n) is 16.7. The summed E-state index contributed by atoms with van der Waals surface area (Å²) >= 11 is 0. The van der Waals surface area contributed by atoms with Gasteiger partial charge < -0.3 is 25.3 Å². The van der Waals surface area contributed by atoms with E-state index < -0.39 is 5.91 Å². The van der Waals surface area contributed by atoms with Gasteiger partial charge in [0.15, 0.2) is 5.75 Å². The molecule has 2 aromatic carbocycles. The molecule has 1 heterocycles. The summed E-state index contributed by atoms with van der Waals surface area (Å²) in [6.45, 7) is 0. The van der Waals surface area contributed by atoms with Crippen LogP contribution in [0.5, 0.6) is 23.1 Å². The first kappa shape index (κ1) is 19.9. The summed E-state index contributed by atoms with van der Waals surface area (Å²) in [7, 11) is 0. The molecule has 6 heteroatoms. The highest BCUT2D eigenvalue weighted by atomic mass is 16.5. The molecule has 1 fully saturated rings. The Balaban J connectivity index is 1.42. The lowest BCUT2D eigenvalue weighted by Crippen LogP contribution is -2.12. The Morgan fingerprint density at radius 1 is 0.967 bits per heavy atom. The quantitative estimate of drug-likeness (QED) is 0.429. The van der Waals surface area contributed by atoms with E-state index in [0.717, 1.165) is 18.6 Å². The van der Waals surface area contributed by atoms with Gasteiger partial charge in [0.2, 0.25) is 5.88 Å². The fourth-order valence-electron chi connectivity index (χ4n) is 3.99. The maximum Gasteiger partial charge on any atom is 0.264 e. The number of aromatic hydroxyl groups is 2. The van der Waals surface area contributed by atoms with Gasteiger partial charge >= 0.3 is 0 Å². The van der Waals surface area contributed by atoms with E-state index >= 15 is 0 Å². The Kier molecular flexibility index (Phi) is 5.93. The van der Waals surface area contributed by atoms with Gasteiger partial charge in [-0.15, -0.1) is 0 Å². The number of carbonyl (C=O) groups excluding carboxylic acids is 1. The Morgan fingerprint density at radius 3 is 2.33 bits per heavy atom. The minimum absolute atomic E-state index is 0.120. The summed E-state index contributed by atoms with van der Waals surface area (Å²) < 4.78 is 5.74. The predicted molar refractivity (Wildman–Crippen MR) is 115 cm³/mol. The van der Waals surface area contributed by atoms with E-state index in [-0.39, 0.29) is 17.2 Å². The predicted octanol–water partition coefficient (Wildman–Crippen LogP) is 5.59. The lowest BCUT2D eigenvalue weighted by atomic mass is 9.86. The molecule has 4 N–H and O–H groups in total. The number of ether oxygens (including phenoxy) is 1. The van der Waals surface area contributed by atoms with Crippen molar-refractivity contribution in [2.75, 3.05) is 5.32 Å². The van der Waals surface area contributed by atoms with Gasteiger partial charge in [0.05, 0.1) is 5.69 Å². The molecule has 4 rings (SSSR count). The van der Waals surface area contributed by atoms with Crippen LogP contribution in [0.1, 0.15) is 48.2 Å². The maximum absolute atomic E-state index is 12.7. The summed E-state index contributed by atoms with van der Waals surface area (Å²) in [6.07, 6.45) is 6.49. The van der Waals surface area contributed by atoms with Crippen molar-refractivity contribution in [2.24, 2.45) is 5.92 Å². The van der Waals surface area contributed by atoms with Crippen molar-refractivity contribution >= 4 is 11.6 Å². The number of rotatable bonds is 6. The number of benzene rings is 2. The van der Waals surface area contributed by atoms with Crippen LogP contribution in [-0.2, 0) is 6.42 Å². The monoisotopic (exact) mass is 406 g/mol. The third kappa shape index (κ3) is 4.59. The van der Waals surface area contributed by atoms with E-state index in [1.54, 1.807) is 24.3 Å².